The maximum atomic E-state index is 12.8. The first-order valence-corrected chi connectivity index (χ1v) is 6.81. The minimum absolute atomic E-state index is 0.105. The molecule has 0 radical (unpaired) electrons. The van der Waals surface area contributed by atoms with E-state index in [4.69, 9.17) is 0 Å². The first kappa shape index (κ1) is 13.7. The van der Waals surface area contributed by atoms with E-state index in [-0.39, 0.29) is 18.1 Å². The number of amides is 1. The lowest BCUT2D eigenvalue weighted by Gasteiger charge is -2.23. The zero-order valence-corrected chi connectivity index (χ0v) is 11.6. The van der Waals surface area contributed by atoms with Crippen molar-refractivity contribution in [2.75, 3.05) is 0 Å². The van der Waals surface area contributed by atoms with Crippen molar-refractivity contribution in [1.29, 1.82) is 0 Å². The smallest absolute Gasteiger partial charge is 0.225 e. The van der Waals surface area contributed by atoms with Crippen molar-refractivity contribution in [3.05, 3.63) is 52.2 Å². The van der Waals surface area contributed by atoms with Crippen molar-refractivity contribution >= 4 is 17.2 Å². The SMILES string of the molecule is CC(C)(NC(=O)Cc1ccc(F)cc1)c1nccs1. The van der Waals surface area contributed by atoms with Crippen LogP contribution in [0.2, 0.25) is 0 Å². The number of hydrogen-bond acceptors (Lipinski definition) is 3. The first-order chi connectivity index (χ1) is 8.97. The van der Waals surface area contributed by atoms with Gasteiger partial charge in [-0.1, -0.05) is 12.1 Å². The molecule has 0 aliphatic heterocycles. The van der Waals surface area contributed by atoms with Crippen LogP contribution in [0.25, 0.3) is 0 Å². The van der Waals surface area contributed by atoms with Crippen LogP contribution < -0.4 is 5.32 Å². The Morgan fingerprint density at radius 1 is 1.37 bits per heavy atom. The number of carbonyl (C=O) groups is 1. The van der Waals surface area contributed by atoms with Gasteiger partial charge in [-0.15, -0.1) is 11.3 Å². The van der Waals surface area contributed by atoms with Crippen LogP contribution in [0.1, 0.15) is 24.4 Å². The van der Waals surface area contributed by atoms with Gasteiger partial charge in [-0.25, -0.2) is 9.37 Å². The van der Waals surface area contributed by atoms with E-state index in [2.05, 4.69) is 10.3 Å². The van der Waals surface area contributed by atoms with Gasteiger partial charge in [0.25, 0.3) is 0 Å². The highest BCUT2D eigenvalue weighted by atomic mass is 32.1. The third-order valence-corrected chi connectivity index (χ3v) is 3.79. The molecule has 0 aliphatic carbocycles. The van der Waals surface area contributed by atoms with Gasteiger partial charge >= 0.3 is 0 Å². The fourth-order valence-corrected chi connectivity index (χ4v) is 2.48. The van der Waals surface area contributed by atoms with Crippen molar-refractivity contribution in [3.8, 4) is 0 Å². The Morgan fingerprint density at radius 2 is 2.05 bits per heavy atom. The summed E-state index contributed by atoms with van der Waals surface area (Å²) in [5.41, 5.74) is 0.291. The minimum atomic E-state index is -0.495. The third-order valence-electron chi connectivity index (χ3n) is 2.70. The number of halogens is 1. The quantitative estimate of drug-likeness (QED) is 0.934. The van der Waals surface area contributed by atoms with E-state index in [0.717, 1.165) is 10.6 Å². The molecule has 1 amide bonds. The summed E-state index contributed by atoms with van der Waals surface area (Å²) < 4.78 is 12.8. The molecular formula is C14H15FN2OS. The van der Waals surface area contributed by atoms with Gasteiger partial charge in [0, 0.05) is 11.6 Å². The van der Waals surface area contributed by atoms with Crippen molar-refractivity contribution in [2.24, 2.45) is 0 Å². The van der Waals surface area contributed by atoms with Gasteiger partial charge in [-0.3, -0.25) is 4.79 Å². The Balaban J connectivity index is 2.00. The number of rotatable bonds is 4. The number of carbonyl (C=O) groups excluding carboxylic acids is 1. The van der Waals surface area contributed by atoms with Crippen LogP contribution in [-0.4, -0.2) is 10.9 Å². The van der Waals surface area contributed by atoms with Gasteiger partial charge in [-0.05, 0) is 31.5 Å². The molecule has 0 aliphatic rings. The molecule has 5 heteroatoms. The molecule has 1 heterocycles. The number of aromatic nitrogens is 1. The van der Waals surface area contributed by atoms with Gasteiger partial charge in [0.15, 0.2) is 0 Å². The number of nitrogens with one attached hydrogen (secondary N) is 1. The van der Waals surface area contributed by atoms with Crippen LogP contribution in [0.15, 0.2) is 35.8 Å². The highest BCUT2D eigenvalue weighted by Gasteiger charge is 2.25. The summed E-state index contributed by atoms with van der Waals surface area (Å²) in [5, 5.41) is 5.68. The fourth-order valence-electron chi connectivity index (χ4n) is 1.77. The minimum Gasteiger partial charge on any atom is -0.344 e. The topological polar surface area (TPSA) is 42.0 Å². The molecule has 19 heavy (non-hydrogen) atoms. The van der Waals surface area contributed by atoms with Crippen LogP contribution in [0.3, 0.4) is 0 Å². The lowest BCUT2D eigenvalue weighted by molar-refractivity contribution is -0.122. The number of hydrogen-bond donors (Lipinski definition) is 1. The van der Waals surface area contributed by atoms with Gasteiger partial charge in [0.2, 0.25) is 5.91 Å². The summed E-state index contributed by atoms with van der Waals surface area (Å²) in [6.45, 7) is 3.82. The van der Waals surface area contributed by atoms with Crippen molar-refractivity contribution in [3.63, 3.8) is 0 Å². The first-order valence-electron chi connectivity index (χ1n) is 5.93. The second-order valence-corrected chi connectivity index (χ2v) is 5.71. The molecule has 3 nitrogen and oxygen atoms in total. The number of nitrogens with zero attached hydrogens (tertiary/aromatic N) is 1. The maximum Gasteiger partial charge on any atom is 0.225 e. The van der Waals surface area contributed by atoms with E-state index in [1.54, 1.807) is 18.3 Å². The summed E-state index contributed by atoms with van der Waals surface area (Å²) in [5.74, 6) is -0.404. The molecular weight excluding hydrogens is 263 g/mol. The molecule has 0 fully saturated rings. The summed E-state index contributed by atoms with van der Waals surface area (Å²) in [6.07, 6.45) is 1.95. The van der Waals surface area contributed by atoms with Gasteiger partial charge in [-0.2, -0.15) is 0 Å². The highest BCUT2D eigenvalue weighted by Crippen LogP contribution is 2.22. The van der Waals surface area contributed by atoms with Crippen molar-refractivity contribution in [1.82, 2.24) is 10.3 Å². The largest absolute Gasteiger partial charge is 0.344 e. The van der Waals surface area contributed by atoms with E-state index in [1.807, 2.05) is 19.2 Å². The third kappa shape index (κ3) is 3.61. The second kappa shape index (κ2) is 5.48. The van der Waals surface area contributed by atoms with Gasteiger partial charge < -0.3 is 5.32 Å². The Bertz CT molecular complexity index is 549. The van der Waals surface area contributed by atoms with Gasteiger partial charge in [0.1, 0.15) is 10.8 Å². The van der Waals surface area contributed by atoms with E-state index in [9.17, 15) is 9.18 Å². The maximum absolute atomic E-state index is 12.8. The fraction of sp³-hybridized carbons (Fsp3) is 0.286. The molecule has 2 rings (SSSR count). The molecule has 2 aromatic rings. The molecule has 1 aromatic carbocycles. The summed E-state index contributed by atoms with van der Waals surface area (Å²) >= 11 is 1.50. The standard InChI is InChI=1S/C14H15FN2OS/c1-14(2,13-16-7-8-19-13)17-12(18)9-10-3-5-11(15)6-4-10/h3-8H,9H2,1-2H3,(H,17,18). The van der Waals surface area contributed by atoms with E-state index in [0.29, 0.717) is 0 Å². The molecule has 100 valence electrons. The molecule has 1 N–H and O–H groups in total. The predicted molar refractivity (Wildman–Crippen MR) is 73.4 cm³/mol. The average molecular weight is 278 g/mol. The van der Waals surface area contributed by atoms with Crippen LogP contribution in [-0.2, 0) is 16.8 Å². The lowest BCUT2D eigenvalue weighted by atomic mass is 10.1. The molecule has 0 unspecified atom stereocenters. The Labute approximate surface area is 115 Å². The van der Waals surface area contributed by atoms with E-state index < -0.39 is 5.54 Å². The Kier molecular flexibility index (Phi) is 3.95. The summed E-state index contributed by atoms with van der Waals surface area (Å²) in [7, 11) is 0. The zero-order chi connectivity index (χ0) is 13.9. The van der Waals surface area contributed by atoms with Crippen LogP contribution >= 0.6 is 11.3 Å². The lowest BCUT2D eigenvalue weighted by Crippen LogP contribution is -2.41. The normalized spacial score (nSPS) is 11.3. The van der Waals surface area contributed by atoms with Crippen LogP contribution in [0, 0.1) is 5.82 Å². The zero-order valence-electron chi connectivity index (χ0n) is 10.8. The molecule has 1 aromatic heterocycles. The van der Waals surface area contributed by atoms with Crippen molar-refractivity contribution in [2.45, 2.75) is 25.8 Å². The van der Waals surface area contributed by atoms with Crippen LogP contribution in [0.5, 0.6) is 0 Å². The molecule has 0 bridgehead atoms. The summed E-state index contributed by atoms with van der Waals surface area (Å²) in [4.78, 5) is 16.2. The van der Waals surface area contributed by atoms with E-state index in [1.165, 1.54) is 23.5 Å². The Hall–Kier alpha value is -1.75. The predicted octanol–water partition coefficient (Wildman–Crippen LogP) is 2.88. The van der Waals surface area contributed by atoms with Gasteiger partial charge in [0.05, 0.1) is 12.0 Å². The molecule has 0 saturated carbocycles. The van der Waals surface area contributed by atoms with Crippen LogP contribution in [0.4, 0.5) is 4.39 Å². The molecule has 0 saturated heterocycles. The molecule has 0 atom stereocenters. The Morgan fingerprint density at radius 3 is 2.63 bits per heavy atom. The highest BCUT2D eigenvalue weighted by molar-refractivity contribution is 7.09. The average Bonchev–Trinajstić information content (AvgIpc) is 2.85. The van der Waals surface area contributed by atoms with E-state index >= 15 is 0 Å². The number of benzene rings is 1. The van der Waals surface area contributed by atoms with Crippen molar-refractivity contribution < 1.29 is 9.18 Å². The monoisotopic (exact) mass is 278 g/mol. The molecule has 0 spiro atoms. The second-order valence-electron chi connectivity index (χ2n) is 4.81. The summed E-state index contributed by atoms with van der Waals surface area (Å²) in [6, 6.07) is 5.94. The number of thiazole rings is 1.